The van der Waals surface area contributed by atoms with E-state index in [-0.39, 0.29) is 18.1 Å². The van der Waals surface area contributed by atoms with Crippen molar-refractivity contribution in [2.75, 3.05) is 24.7 Å². The van der Waals surface area contributed by atoms with Crippen LogP contribution in [0.4, 0.5) is 0 Å². The number of ether oxygens (including phenoxy) is 1. The molecule has 0 radical (unpaired) electrons. The normalized spacial score (nSPS) is 13.7. The summed E-state index contributed by atoms with van der Waals surface area (Å²) in [4.78, 5) is 10.5. The molecule has 15 heavy (non-hydrogen) atoms. The molecule has 0 aliphatic heterocycles. The van der Waals surface area contributed by atoms with E-state index < -0.39 is 21.7 Å². The lowest BCUT2D eigenvalue weighted by molar-refractivity contribution is -0.140. The summed E-state index contributed by atoms with van der Waals surface area (Å²) in [6.45, 7) is 3.99. The summed E-state index contributed by atoms with van der Waals surface area (Å²) in [5, 5.41) is 8.56. The van der Waals surface area contributed by atoms with E-state index >= 15 is 0 Å². The maximum Gasteiger partial charge on any atom is 0.307 e. The van der Waals surface area contributed by atoms with Gasteiger partial charge in [-0.1, -0.05) is 13.8 Å². The summed E-state index contributed by atoms with van der Waals surface area (Å²) in [6, 6.07) is 0. The third-order valence-corrected chi connectivity index (χ3v) is 3.61. The molecule has 1 unspecified atom stereocenters. The number of rotatable bonds is 8. The molecule has 0 saturated carbocycles. The number of carboxylic acid groups (broad SMARTS) is 1. The van der Waals surface area contributed by atoms with Crippen molar-refractivity contribution in [1.82, 2.24) is 0 Å². The first-order chi connectivity index (χ1) is 6.89. The van der Waals surface area contributed by atoms with Gasteiger partial charge in [0.2, 0.25) is 0 Å². The minimum Gasteiger partial charge on any atom is -0.481 e. The van der Waals surface area contributed by atoms with E-state index in [1.54, 1.807) is 0 Å². The largest absolute Gasteiger partial charge is 0.481 e. The van der Waals surface area contributed by atoms with Gasteiger partial charge in [-0.2, -0.15) is 0 Å². The number of carboxylic acids is 1. The number of carbonyl (C=O) groups is 1. The lowest BCUT2D eigenvalue weighted by Crippen LogP contribution is -2.24. The molecule has 0 aromatic carbocycles. The lowest BCUT2D eigenvalue weighted by atomic mass is 10.2. The molecule has 6 heteroatoms. The minimum atomic E-state index is -3.31. The maximum atomic E-state index is 11.4. The van der Waals surface area contributed by atoms with Crippen LogP contribution in [0, 0.1) is 5.92 Å². The Morgan fingerprint density at radius 2 is 2.00 bits per heavy atom. The molecule has 90 valence electrons. The molecule has 0 spiro atoms. The van der Waals surface area contributed by atoms with Crippen molar-refractivity contribution in [2.24, 2.45) is 5.92 Å². The van der Waals surface area contributed by atoms with Crippen LogP contribution in [0.1, 0.15) is 20.3 Å². The Labute approximate surface area is 90.4 Å². The van der Waals surface area contributed by atoms with Crippen LogP contribution in [0.2, 0.25) is 0 Å². The standard InChI is InChI=1S/C9H18O5S/c1-3-4-14-5-6-15(12,13)7-8(2)9(10)11/h8H,3-7H2,1-2H3,(H,10,11). The second kappa shape index (κ2) is 6.79. The lowest BCUT2D eigenvalue weighted by Gasteiger charge is -2.07. The maximum absolute atomic E-state index is 11.4. The van der Waals surface area contributed by atoms with Crippen LogP contribution >= 0.6 is 0 Å². The minimum absolute atomic E-state index is 0.107. The average molecular weight is 238 g/mol. The predicted molar refractivity (Wildman–Crippen MR) is 56.6 cm³/mol. The van der Waals surface area contributed by atoms with Gasteiger partial charge < -0.3 is 9.84 Å². The number of hydrogen-bond donors (Lipinski definition) is 1. The first kappa shape index (κ1) is 14.4. The van der Waals surface area contributed by atoms with Crippen molar-refractivity contribution in [3.05, 3.63) is 0 Å². The van der Waals surface area contributed by atoms with Crippen LogP contribution in [0.5, 0.6) is 0 Å². The molecule has 0 bridgehead atoms. The Hall–Kier alpha value is -0.620. The molecule has 0 fully saturated rings. The molecule has 5 nitrogen and oxygen atoms in total. The van der Waals surface area contributed by atoms with Gasteiger partial charge in [0.15, 0.2) is 9.84 Å². The van der Waals surface area contributed by atoms with Crippen molar-refractivity contribution in [3.8, 4) is 0 Å². The Morgan fingerprint density at radius 1 is 1.40 bits per heavy atom. The molecule has 1 N–H and O–H groups in total. The molecule has 0 aromatic heterocycles. The zero-order valence-electron chi connectivity index (χ0n) is 9.10. The fourth-order valence-corrected chi connectivity index (χ4v) is 2.41. The summed E-state index contributed by atoms with van der Waals surface area (Å²) < 4.78 is 27.8. The number of hydrogen-bond acceptors (Lipinski definition) is 4. The fourth-order valence-electron chi connectivity index (χ4n) is 0.968. The highest BCUT2D eigenvalue weighted by Gasteiger charge is 2.20. The van der Waals surface area contributed by atoms with Crippen LogP contribution in [0.25, 0.3) is 0 Å². The van der Waals surface area contributed by atoms with Crippen LogP contribution in [0.3, 0.4) is 0 Å². The Balaban J connectivity index is 3.92. The van der Waals surface area contributed by atoms with E-state index in [1.165, 1.54) is 6.92 Å². The van der Waals surface area contributed by atoms with Gasteiger partial charge in [-0.05, 0) is 6.42 Å². The van der Waals surface area contributed by atoms with Crippen molar-refractivity contribution >= 4 is 15.8 Å². The van der Waals surface area contributed by atoms with Gasteiger partial charge in [-0.15, -0.1) is 0 Å². The van der Waals surface area contributed by atoms with Crippen molar-refractivity contribution in [2.45, 2.75) is 20.3 Å². The van der Waals surface area contributed by atoms with Crippen molar-refractivity contribution in [1.29, 1.82) is 0 Å². The molecule has 1 atom stereocenters. The molecule has 0 aromatic rings. The van der Waals surface area contributed by atoms with E-state index in [4.69, 9.17) is 9.84 Å². The van der Waals surface area contributed by atoms with Gasteiger partial charge in [-0.25, -0.2) is 8.42 Å². The second-order valence-corrected chi connectivity index (χ2v) is 5.69. The average Bonchev–Trinajstić information content (AvgIpc) is 2.11. The Morgan fingerprint density at radius 3 is 2.47 bits per heavy atom. The van der Waals surface area contributed by atoms with Gasteiger partial charge in [-0.3, -0.25) is 4.79 Å². The smallest absolute Gasteiger partial charge is 0.307 e. The fraction of sp³-hybridized carbons (Fsp3) is 0.889. The summed E-state index contributed by atoms with van der Waals surface area (Å²) >= 11 is 0. The predicted octanol–water partition coefficient (Wildman–Crippen LogP) is 0.548. The first-order valence-corrected chi connectivity index (χ1v) is 6.72. The zero-order valence-corrected chi connectivity index (χ0v) is 9.92. The highest BCUT2D eigenvalue weighted by atomic mass is 32.2. The number of aliphatic carboxylic acids is 1. The van der Waals surface area contributed by atoms with Gasteiger partial charge in [0, 0.05) is 6.61 Å². The molecule has 0 aliphatic carbocycles. The monoisotopic (exact) mass is 238 g/mol. The number of sulfone groups is 1. The SMILES string of the molecule is CCCOCCS(=O)(=O)CC(C)C(=O)O. The van der Waals surface area contributed by atoms with Gasteiger partial charge in [0.25, 0.3) is 0 Å². The topological polar surface area (TPSA) is 80.7 Å². The molecular formula is C9H18O5S. The molecule has 0 saturated heterocycles. The van der Waals surface area contributed by atoms with Crippen LogP contribution in [-0.4, -0.2) is 44.2 Å². The summed E-state index contributed by atoms with van der Waals surface area (Å²) in [5.74, 6) is -2.38. The molecular weight excluding hydrogens is 220 g/mol. The third kappa shape index (κ3) is 7.33. The first-order valence-electron chi connectivity index (χ1n) is 4.90. The van der Waals surface area contributed by atoms with Gasteiger partial charge in [0.05, 0.1) is 24.0 Å². The van der Waals surface area contributed by atoms with Crippen molar-refractivity contribution in [3.63, 3.8) is 0 Å². The second-order valence-electron chi connectivity index (χ2n) is 3.47. The summed E-state index contributed by atoms with van der Waals surface area (Å²) in [6.07, 6.45) is 0.839. The van der Waals surface area contributed by atoms with E-state index in [9.17, 15) is 13.2 Å². The molecule has 0 rings (SSSR count). The molecule has 0 amide bonds. The van der Waals surface area contributed by atoms with Gasteiger partial charge >= 0.3 is 5.97 Å². The third-order valence-electron chi connectivity index (χ3n) is 1.81. The van der Waals surface area contributed by atoms with E-state index in [0.29, 0.717) is 6.61 Å². The van der Waals surface area contributed by atoms with E-state index in [2.05, 4.69) is 0 Å². The molecule has 0 heterocycles. The highest BCUT2D eigenvalue weighted by molar-refractivity contribution is 7.91. The van der Waals surface area contributed by atoms with Crippen LogP contribution < -0.4 is 0 Å². The van der Waals surface area contributed by atoms with E-state index in [1.807, 2.05) is 6.92 Å². The van der Waals surface area contributed by atoms with E-state index in [0.717, 1.165) is 6.42 Å². The Kier molecular flexibility index (Phi) is 6.51. The Bertz CT molecular complexity index is 283. The summed E-state index contributed by atoms with van der Waals surface area (Å²) in [5.41, 5.74) is 0. The highest BCUT2D eigenvalue weighted by Crippen LogP contribution is 2.02. The van der Waals surface area contributed by atoms with Crippen LogP contribution in [-0.2, 0) is 19.4 Å². The quantitative estimate of drug-likeness (QED) is 0.624. The van der Waals surface area contributed by atoms with Crippen molar-refractivity contribution < 1.29 is 23.1 Å². The van der Waals surface area contributed by atoms with Gasteiger partial charge in [0.1, 0.15) is 0 Å². The summed E-state index contributed by atoms with van der Waals surface area (Å²) in [7, 11) is -3.31. The zero-order chi connectivity index (χ0) is 11.9. The molecule has 0 aliphatic rings. The van der Waals surface area contributed by atoms with Crippen LogP contribution in [0.15, 0.2) is 0 Å².